The number of ether oxygens (including phenoxy) is 1. The molecule has 0 aliphatic carbocycles. The molecule has 20 heavy (non-hydrogen) atoms. The Labute approximate surface area is 117 Å². The largest absolute Gasteiger partial charge is 0.497 e. The fourth-order valence-electron chi connectivity index (χ4n) is 2.13. The number of nitrogens with one attached hydrogen (secondary N) is 1. The molecule has 4 heteroatoms. The van der Waals surface area contributed by atoms with Crippen LogP contribution in [0.2, 0.25) is 0 Å². The van der Waals surface area contributed by atoms with Gasteiger partial charge in [-0.2, -0.15) is 0 Å². The monoisotopic (exact) mass is 265 g/mol. The third-order valence-electron chi connectivity index (χ3n) is 3.26. The predicted octanol–water partition coefficient (Wildman–Crippen LogP) is 3.35. The number of anilines is 1. The summed E-state index contributed by atoms with van der Waals surface area (Å²) in [5.41, 5.74) is 1.92. The van der Waals surface area contributed by atoms with Crippen molar-refractivity contribution >= 4 is 16.6 Å². The molecular formula is C16H15N3O. The van der Waals surface area contributed by atoms with E-state index in [9.17, 15) is 0 Å². The van der Waals surface area contributed by atoms with Gasteiger partial charge in [0.25, 0.3) is 0 Å². The molecule has 0 bridgehead atoms. The minimum atomic E-state index is 0.763. The van der Waals surface area contributed by atoms with Gasteiger partial charge in [0.1, 0.15) is 11.6 Å². The molecule has 0 amide bonds. The van der Waals surface area contributed by atoms with E-state index in [0.29, 0.717) is 0 Å². The zero-order valence-electron chi connectivity index (χ0n) is 11.4. The summed E-state index contributed by atoms with van der Waals surface area (Å²) in [5.74, 6) is 1.63. The smallest absolute Gasteiger partial charge is 0.148 e. The van der Waals surface area contributed by atoms with Crippen LogP contribution in [0.4, 0.5) is 5.82 Å². The first-order valence-corrected chi connectivity index (χ1v) is 6.40. The summed E-state index contributed by atoms with van der Waals surface area (Å²) in [5, 5.41) is 13.6. The number of rotatable bonds is 3. The van der Waals surface area contributed by atoms with E-state index in [4.69, 9.17) is 4.74 Å². The molecule has 3 rings (SSSR count). The zero-order chi connectivity index (χ0) is 13.9. The zero-order valence-corrected chi connectivity index (χ0v) is 11.4. The summed E-state index contributed by atoms with van der Waals surface area (Å²) < 4.78 is 5.23. The van der Waals surface area contributed by atoms with Crippen molar-refractivity contribution in [3.05, 3.63) is 48.5 Å². The van der Waals surface area contributed by atoms with E-state index in [1.807, 2.05) is 43.4 Å². The lowest BCUT2D eigenvalue weighted by molar-refractivity contribution is 0.415. The molecule has 4 nitrogen and oxygen atoms in total. The van der Waals surface area contributed by atoms with Gasteiger partial charge in [-0.3, -0.25) is 0 Å². The SMILES string of the molecule is CNc1ccc(-c2ccc3cc(OC)ccc3c2)nn1. The van der Waals surface area contributed by atoms with Crippen molar-refractivity contribution in [2.45, 2.75) is 0 Å². The van der Waals surface area contributed by atoms with Crippen LogP contribution >= 0.6 is 0 Å². The fraction of sp³-hybridized carbons (Fsp3) is 0.125. The minimum Gasteiger partial charge on any atom is -0.497 e. The van der Waals surface area contributed by atoms with E-state index in [-0.39, 0.29) is 0 Å². The number of benzene rings is 2. The van der Waals surface area contributed by atoms with Gasteiger partial charge in [0.2, 0.25) is 0 Å². The van der Waals surface area contributed by atoms with Crippen molar-refractivity contribution < 1.29 is 4.74 Å². The van der Waals surface area contributed by atoms with Crippen LogP contribution in [-0.4, -0.2) is 24.4 Å². The van der Waals surface area contributed by atoms with Crippen molar-refractivity contribution in [3.63, 3.8) is 0 Å². The highest BCUT2D eigenvalue weighted by atomic mass is 16.5. The van der Waals surface area contributed by atoms with Crippen molar-refractivity contribution in [2.24, 2.45) is 0 Å². The number of nitrogens with zero attached hydrogens (tertiary/aromatic N) is 2. The molecule has 0 spiro atoms. The molecule has 0 atom stereocenters. The van der Waals surface area contributed by atoms with Crippen molar-refractivity contribution in [3.8, 4) is 17.0 Å². The molecule has 1 N–H and O–H groups in total. The van der Waals surface area contributed by atoms with Gasteiger partial charge < -0.3 is 10.1 Å². The Morgan fingerprint density at radius 1 is 0.900 bits per heavy atom. The quantitative estimate of drug-likeness (QED) is 0.789. The Kier molecular flexibility index (Phi) is 3.21. The Bertz CT molecular complexity index is 738. The minimum absolute atomic E-state index is 0.763. The number of hydrogen-bond donors (Lipinski definition) is 1. The first kappa shape index (κ1) is 12.4. The summed E-state index contributed by atoms with van der Waals surface area (Å²) in [6.07, 6.45) is 0. The number of hydrogen-bond acceptors (Lipinski definition) is 4. The molecule has 0 aliphatic heterocycles. The molecule has 0 fully saturated rings. The van der Waals surface area contributed by atoms with Crippen LogP contribution in [0.3, 0.4) is 0 Å². The van der Waals surface area contributed by atoms with E-state index in [0.717, 1.165) is 33.6 Å². The van der Waals surface area contributed by atoms with E-state index < -0.39 is 0 Å². The topological polar surface area (TPSA) is 47.0 Å². The van der Waals surface area contributed by atoms with Crippen LogP contribution in [0.5, 0.6) is 5.75 Å². The van der Waals surface area contributed by atoms with E-state index >= 15 is 0 Å². The second kappa shape index (κ2) is 5.17. The highest BCUT2D eigenvalue weighted by Gasteiger charge is 2.03. The standard InChI is InChI=1S/C16H15N3O/c1-17-16-8-7-15(18-19-16)13-4-3-12-10-14(20-2)6-5-11(12)9-13/h3-10H,1-2H3,(H,17,19). The maximum atomic E-state index is 5.23. The lowest BCUT2D eigenvalue weighted by atomic mass is 10.0. The first-order valence-electron chi connectivity index (χ1n) is 6.40. The number of methoxy groups -OCH3 is 1. The predicted molar refractivity (Wildman–Crippen MR) is 81.1 cm³/mol. The van der Waals surface area contributed by atoms with Gasteiger partial charge >= 0.3 is 0 Å². The van der Waals surface area contributed by atoms with Crippen LogP contribution in [0.15, 0.2) is 48.5 Å². The van der Waals surface area contributed by atoms with E-state index in [1.165, 1.54) is 0 Å². The molecule has 0 aliphatic rings. The van der Waals surface area contributed by atoms with E-state index in [1.54, 1.807) is 7.11 Å². The number of fused-ring (bicyclic) bond motifs is 1. The Morgan fingerprint density at radius 2 is 1.70 bits per heavy atom. The molecule has 0 unspecified atom stereocenters. The third-order valence-corrected chi connectivity index (χ3v) is 3.26. The maximum absolute atomic E-state index is 5.23. The van der Waals surface area contributed by atoms with Gasteiger partial charge in [0.15, 0.2) is 0 Å². The maximum Gasteiger partial charge on any atom is 0.148 e. The molecule has 3 aromatic rings. The average molecular weight is 265 g/mol. The highest BCUT2D eigenvalue weighted by Crippen LogP contribution is 2.26. The fourth-order valence-corrected chi connectivity index (χ4v) is 2.13. The van der Waals surface area contributed by atoms with Crippen molar-refractivity contribution in [1.82, 2.24) is 10.2 Å². The third kappa shape index (κ3) is 2.28. The van der Waals surface area contributed by atoms with Crippen LogP contribution in [0.1, 0.15) is 0 Å². The van der Waals surface area contributed by atoms with E-state index in [2.05, 4.69) is 27.6 Å². The van der Waals surface area contributed by atoms with Crippen molar-refractivity contribution in [1.29, 1.82) is 0 Å². The molecule has 100 valence electrons. The highest BCUT2D eigenvalue weighted by molar-refractivity contribution is 5.87. The molecule has 2 aromatic carbocycles. The van der Waals surface area contributed by atoms with Gasteiger partial charge in [-0.1, -0.05) is 18.2 Å². The molecule has 0 saturated carbocycles. The Hall–Kier alpha value is -2.62. The van der Waals surface area contributed by atoms with Gasteiger partial charge in [0.05, 0.1) is 12.8 Å². The van der Waals surface area contributed by atoms with Gasteiger partial charge in [-0.05, 0) is 41.1 Å². The summed E-state index contributed by atoms with van der Waals surface area (Å²) in [6, 6.07) is 16.1. The van der Waals surface area contributed by atoms with Crippen LogP contribution in [-0.2, 0) is 0 Å². The van der Waals surface area contributed by atoms with Gasteiger partial charge in [-0.25, -0.2) is 0 Å². The molecular weight excluding hydrogens is 250 g/mol. The summed E-state index contributed by atoms with van der Waals surface area (Å²) in [7, 11) is 3.50. The lowest BCUT2D eigenvalue weighted by Crippen LogP contribution is -1.95. The van der Waals surface area contributed by atoms with Crippen molar-refractivity contribution in [2.75, 3.05) is 19.5 Å². The summed E-state index contributed by atoms with van der Waals surface area (Å²) >= 11 is 0. The summed E-state index contributed by atoms with van der Waals surface area (Å²) in [6.45, 7) is 0. The van der Waals surface area contributed by atoms with Crippen LogP contribution in [0, 0.1) is 0 Å². The molecule has 0 saturated heterocycles. The molecule has 0 radical (unpaired) electrons. The number of aromatic nitrogens is 2. The van der Waals surface area contributed by atoms with Crippen LogP contribution in [0.25, 0.3) is 22.0 Å². The second-order valence-electron chi connectivity index (χ2n) is 4.48. The summed E-state index contributed by atoms with van der Waals surface area (Å²) in [4.78, 5) is 0. The van der Waals surface area contributed by atoms with Gasteiger partial charge in [-0.15, -0.1) is 10.2 Å². The average Bonchev–Trinajstić information content (AvgIpc) is 2.54. The Morgan fingerprint density at radius 3 is 2.40 bits per heavy atom. The molecule has 1 aromatic heterocycles. The normalized spacial score (nSPS) is 10.5. The first-order chi connectivity index (χ1) is 9.80. The van der Waals surface area contributed by atoms with Gasteiger partial charge in [0, 0.05) is 12.6 Å². The Balaban J connectivity index is 2.03. The lowest BCUT2D eigenvalue weighted by Gasteiger charge is -2.05. The van der Waals surface area contributed by atoms with Crippen LogP contribution < -0.4 is 10.1 Å². The molecule has 1 heterocycles. The second-order valence-corrected chi connectivity index (χ2v) is 4.48.